The molecule has 0 spiro atoms. The SMILES string of the molecule is C1#CCNCCC1. The second-order valence-electron chi connectivity index (χ2n) is 1.63. The van der Waals surface area contributed by atoms with Crippen molar-refractivity contribution in [1.82, 2.24) is 5.32 Å². The number of rotatable bonds is 0. The zero-order valence-electron chi connectivity index (χ0n) is 4.33. The third kappa shape index (κ3) is 1.61. The van der Waals surface area contributed by atoms with E-state index in [1.165, 1.54) is 6.42 Å². The van der Waals surface area contributed by atoms with Gasteiger partial charge in [0.2, 0.25) is 0 Å². The molecule has 0 atom stereocenters. The van der Waals surface area contributed by atoms with Crippen molar-refractivity contribution < 1.29 is 0 Å². The van der Waals surface area contributed by atoms with E-state index in [9.17, 15) is 0 Å². The summed E-state index contributed by atoms with van der Waals surface area (Å²) in [4.78, 5) is 0. The minimum atomic E-state index is 0.889. The molecule has 1 nitrogen and oxygen atoms in total. The summed E-state index contributed by atoms with van der Waals surface area (Å²) in [6.45, 7) is 2.01. The molecule has 1 N–H and O–H groups in total. The number of hydrogen-bond acceptors (Lipinski definition) is 1. The Balaban J connectivity index is 2.26. The first-order valence-corrected chi connectivity index (χ1v) is 2.66. The standard InChI is InChI=1S/C6H9N/c1-2-4-6-7-5-3-1/h7H,1,3,5-6H2. The summed E-state index contributed by atoms with van der Waals surface area (Å²) < 4.78 is 0. The van der Waals surface area contributed by atoms with Crippen LogP contribution in [0.4, 0.5) is 0 Å². The molecule has 1 heterocycles. The van der Waals surface area contributed by atoms with Gasteiger partial charge in [-0.25, -0.2) is 0 Å². The largest absolute Gasteiger partial charge is 0.306 e. The van der Waals surface area contributed by atoms with Crippen molar-refractivity contribution in [3.8, 4) is 11.8 Å². The zero-order chi connectivity index (χ0) is 4.95. The maximum Gasteiger partial charge on any atom is 0.0576 e. The lowest BCUT2D eigenvalue weighted by Gasteiger charge is -1.90. The van der Waals surface area contributed by atoms with E-state index in [4.69, 9.17) is 0 Å². The van der Waals surface area contributed by atoms with E-state index in [-0.39, 0.29) is 0 Å². The van der Waals surface area contributed by atoms with Gasteiger partial charge in [-0.2, -0.15) is 0 Å². The number of nitrogens with one attached hydrogen (secondary N) is 1. The summed E-state index contributed by atoms with van der Waals surface area (Å²) in [5, 5.41) is 3.17. The molecule has 0 aromatic carbocycles. The van der Waals surface area contributed by atoms with Crippen LogP contribution in [0.3, 0.4) is 0 Å². The Hall–Kier alpha value is -0.480. The van der Waals surface area contributed by atoms with Gasteiger partial charge in [0.25, 0.3) is 0 Å². The Morgan fingerprint density at radius 1 is 1.29 bits per heavy atom. The van der Waals surface area contributed by atoms with Gasteiger partial charge in [-0.1, -0.05) is 5.92 Å². The van der Waals surface area contributed by atoms with Gasteiger partial charge in [0.05, 0.1) is 6.54 Å². The molecule has 0 aromatic heterocycles. The molecule has 0 amide bonds. The van der Waals surface area contributed by atoms with Crippen LogP contribution in [0.15, 0.2) is 0 Å². The van der Waals surface area contributed by atoms with Crippen LogP contribution in [0, 0.1) is 11.8 Å². The van der Waals surface area contributed by atoms with Crippen LogP contribution in [-0.4, -0.2) is 13.1 Å². The van der Waals surface area contributed by atoms with E-state index in [2.05, 4.69) is 17.2 Å². The Labute approximate surface area is 44.1 Å². The summed E-state index contributed by atoms with van der Waals surface area (Å²) in [5.41, 5.74) is 0. The first-order chi connectivity index (χ1) is 3.50. The van der Waals surface area contributed by atoms with Crippen LogP contribution in [0.25, 0.3) is 0 Å². The molecule has 38 valence electrons. The van der Waals surface area contributed by atoms with Gasteiger partial charge in [0.15, 0.2) is 0 Å². The monoisotopic (exact) mass is 95.1 g/mol. The fourth-order valence-electron chi connectivity index (χ4n) is 0.604. The molecule has 0 fully saturated rings. The molecular formula is C6H9N. The summed E-state index contributed by atoms with van der Waals surface area (Å²) in [6, 6.07) is 0. The molecule has 0 unspecified atom stereocenters. The minimum Gasteiger partial charge on any atom is -0.306 e. The van der Waals surface area contributed by atoms with Gasteiger partial charge in [0, 0.05) is 6.42 Å². The van der Waals surface area contributed by atoms with Crippen LogP contribution in [0.2, 0.25) is 0 Å². The van der Waals surface area contributed by atoms with Gasteiger partial charge in [-0.05, 0) is 13.0 Å². The van der Waals surface area contributed by atoms with Gasteiger partial charge < -0.3 is 5.32 Å². The first kappa shape index (κ1) is 4.67. The molecule has 1 heteroatoms. The maximum absolute atomic E-state index is 3.17. The smallest absolute Gasteiger partial charge is 0.0576 e. The van der Waals surface area contributed by atoms with Crippen molar-refractivity contribution in [1.29, 1.82) is 0 Å². The molecule has 1 rings (SSSR count). The van der Waals surface area contributed by atoms with Gasteiger partial charge in [0.1, 0.15) is 0 Å². The lowest BCUT2D eigenvalue weighted by atomic mass is 10.3. The highest BCUT2D eigenvalue weighted by atomic mass is 14.8. The Kier molecular flexibility index (Phi) is 1.77. The van der Waals surface area contributed by atoms with Crippen molar-refractivity contribution >= 4 is 0 Å². The Morgan fingerprint density at radius 3 is 3.29 bits per heavy atom. The molecule has 1 aliphatic rings. The summed E-state index contributed by atoms with van der Waals surface area (Å²) in [7, 11) is 0. The van der Waals surface area contributed by atoms with E-state index < -0.39 is 0 Å². The van der Waals surface area contributed by atoms with E-state index in [0.717, 1.165) is 19.5 Å². The quantitative estimate of drug-likeness (QED) is 0.429. The van der Waals surface area contributed by atoms with E-state index in [1.54, 1.807) is 0 Å². The van der Waals surface area contributed by atoms with E-state index in [0.29, 0.717) is 0 Å². The van der Waals surface area contributed by atoms with Crippen LogP contribution in [-0.2, 0) is 0 Å². The molecular weight excluding hydrogens is 86.1 g/mol. The lowest BCUT2D eigenvalue weighted by Crippen LogP contribution is -2.12. The van der Waals surface area contributed by atoms with Gasteiger partial charge in [-0.15, -0.1) is 5.92 Å². The molecule has 1 aliphatic heterocycles. The van der Waals surface area contributed by atoms with Crippen molar-refractivity contribution in [2.45, 2.75) is 12.8 Å². The van der Waals surface area contributed by atoms with Crippen LogP contribution >= 0.6 is 0 Å². The highest BCUT2D eigenvalue weighted by molar-refractivity contribution is 5.02. The van der Waals surface area contributed by atoms with Gasteiger partial charge in [-0.3, -0.25) is 0 Å². The third-order valence-corrected chi connectivity index (χ3v) is 0.994. The predicted molar refractivity (Wildman–Crippen MR) is 29.9 cm³/mol. The van der Waals surface area contributed by atoms with Crippen molar-refractivity contribution in [2.75, 3.05) is 13.1 Å². The van der Waals surface area contributed by atoms with Crippen molar-refractivity contribution in [3.05, 3.63) is 0 Å². The molecule has 7 heavy (non-hydrogen) atoms. The first-order valence-electron chi connectivity index (χ1n) is 2.66. The van der Waals surface area contributed by atoms with E-state index >= 15 is 0 Å². The van der Waals surface area contributed by atoms with Crippen LogP contribution < -0.4 is 5.32 Å². The topological polar surface area (TPSA) is 12.0 Å². The maximum atomic E-state index is 3.17. The van der Waals surface area contributed by atoms with Crippen molar-refractivity contribution in [2.24, 2.45) is 0 Å². The number of hydrogen-bond donors (Lipinski definition) is 1. The molecule has 0 aromatic rings. The van der Waals surface area contributed by atoms with Crippen LogP contribution in [0.1, 0.15) is 12.8 Å². The third-order valence-electron chi connectivity index (χ3n) is 0.994. The molecule has 0 radical (unpaired) electrons. The normalized spacial score (nSPS) is 19.4. The van der Waals surface area contributed by atoms with E-state index in [1.807, 2.05) is 0 Å². The van der Waals surface area contributed by atoms with Crippen molar-refractivity contribution in [3.63, 3.8) is 0 Å². The second kappa shape index (κ2) is 2.65. The average Bonchev–Trinajstić information content (AvgIpc) is 1.90. The average molecular weight is 95.1 g/mol. The fraction of sp³-hybridized carbons (Fsp3) is 0.667. The summed E-state index contributed by atoms with van der Waals surface area (Å²) >= 11 is 0. The molecule has 0 aliphatic carbocycles. The zero-order valence-corrected chi connectivity index (χ0v) is 4.33. The predicted octanol–water partition coefficient (Wildman–Crippen LogP) is 0.373. The Bertz CT molecular complexity index is 86.5. The molecule has 0 saturated carbocycles. The summed E-state index contributed by atoms with van der Waals surface area (Å²) in [6.07, 6.45) is 2.29. The van der Waals surface area contributed by atoms with Crippen LogP contribution in [0.5, 0.6) is 0 Å². The molecule has 0 bridgehead atoms. The molecule has 0 saturated heterocycles. The second-order valence-corrected chi connectivity index (χ2v) is 1.63. The Morgan fingerprint density at radius 2 is 2.29 bits per heavy atom. The lowest BCUT2D eigenvalue weighted by molar-refractivity contribution is 0.725. The fourth-order valence-corrected chi connectivity index (χ4v) is 0.604. The highest BCUT2D eigenvalue weighted by Gasteiger charge is 1.85. The minimum absolute atomic E-state index is 0.889. The summed E-state index contributed by atoms with van der Waals surface area (Å²) in [5.74, 6) is 6.02. The van der Waals surface area contributed by atoms with Gasteiger partial charge >= 0.3 is 0 Å². The highest BCUT2D eigenvalue weighted by Crippen LogP contribution is 1.85.